The number of carbonyl (C=O) groups excluding carboxylic acids is 2. The number of nitrogens with one attached hydrogen (secondary N) is 1. The molecule has 2 aromatic rings. The average molecular weight is 388 g/mol. The molecule has 0 fully saturated rings. The van der Waals surface area contributed by atoms with Crippen molar-refractivity contribution in [2.45, 2.75) is 31.9 Å². The molecule has 1 aliphatic rings. The zero-order valence-corrected chi connectivity index (χ0v) is 15.1. The van der Waals surface area contributed by atoms with E-state index in [9.17, 15) is 9.59 Å². The van der Waals surface area contributed by atoms with E-state index in [1.54, 1.807) is 19.1 Å². The average Bonchev–Trinajstić information content (AvgIpc) is 2.55. The molecule has 0 aromatic heterocycles. The van der Waals surface area contributed by atoms with Gasteiger partial charge in [0.05, 0.1) is 11.6 Å². The molecule has 0 saturated carbocycles. The number of ether oxygens (including phenoxy) is 1. The van der Waals surface area contributed by atoms with Gasteiger partial charge in [0.2, 0.25) is 0 Å². The van der Waals surface area contributed by atoms with E-state index in [1.165, 1.54) is 0 Å². The number of amides is 1. The minimum Gasteiger partial charge on any atom is -0.445 e. The topological polar surface area (TPSA) is 55.4 Å². The third kappa shape index (κ3) is 3.22. The van der Waals surface area contributed by atoms with Crippen molar-refractivity contribution in [1.82, 2.24) is 5.32 Å². The van der Waals surface area contributed by atoms with Crippen molar-refractivity contribution < 1.29 is 14.3 Å². The van der Waals surface area contributed by atoms with E-state index in [1.807, 2.05) is 43.3 Å². The van der Waals surface area contributed by atoms with Gasteiger partial charge in [-0.15, -0.1) is 0 Å². The van der Waals surface area contributed by atoms with Gasteiger partial charge in [0.15, 0.2) is 5.60 Å². The molecular weight excluding hydrogens is 370 g/mol. The molecule has 0 spiro atoms. The lowest BCUT2D eigenvalue weighted by Crippen LogP contribution is -2.52. The maximum absolute atomic E-state index is 12.7. The van der Waals surface area contributed by atoms with Crippen LogP contribution in [0.3, 0.4) is 0 Å². The summed E-state index contributed by atoms with van der Waals surface area (Å²) in [5, 5.41) is 2.95. The van der Waals surface area contributed by atoms with Crippen LogP contribution in [-0.4, -0.2) is 17.5 Å². The van der Waals surface area contributed by atoms with Gasteiger partial charge in [-0.3, -0.25) is 4.79 Å². The first-order chi connectivity index (χ1) is 11.4. The number of fused-ring (bicyclic) bond motifs is 1. The lowest BCUT2D eigenvalue weighted by Gasteiger charge is -2.34. The van der Waals surface area contributed by atoms with Crippen molar-refractivity contribution in [2.75, 3.05) is 0 Å². The van der Waals surface area contributed by atoms with Crippen molar-refractivity contribution in [3.05, 3.63) is 69.7 Å². The zero-order chi connectivity index (χ0) is 17.3. The minimum absolute atomic E-state index is 0.182. The number of esters is 1. The quantitative estimate of drug-likeness (QED) is 0.814. The van der Waals surface area contributed by atoms with E-state index >= 15 is 0 Å². The summed E-state index contributed by atoms with van der Waals surface area (Å²) in [5.41, 5.74) is 1.15. The number of cyclic esters (lactones) is 1. The van der Waals surface area contributed by atoms with E-state index in [0.29, 0.717) is 12.0 Å². The molecule has 2 aromatic carbocycles. The van der Waals surface area contributed by atoms with Crippen LogP contribution in [-0.2, 0) is 16.0 Å². The van der Waals surface area contributed by atoms with Gasteiger partial charge in [-0.25, -0.2) is 4.79 Å². The highest BCUT2D eigenvalue weighted by Gasteiger charge is 2.42. The van der Waals surface area contributed by atoms with E-state index in [-0.39, 0.29) is 11.9 Å². The van der Waals surface area contributed by atoms with Gasteiger partial charge in [-0.05, 0) is 43.2 Å². The molecule has 0 aliphatic carbocycles. The molecule has 1 amide bonds. The molecule has 0 saturated heterocycles. The number of carbonyl (C=O) groups is 2. The largest absolute Gasteiger partial charge is 0.445 e. The second kappa shape index (κ2) is 6.40. The van der Waals surface area contributed by atoms with E-state index < -0.39 is 11.6 Å². The van der Waals surface area contributed by atoms with Crippen LogP contribution in [0.25, 0.3) is 0 Å². The first-order valence-corrected chi connectivity index (χ1v) is 8.56. The molecule has 1 heterocycles. The second-order valence-corrected chi connectivity index (χ2v) is 7.12. The fraction of sp³-hybridized carbons (Fsp3) is 0.263. The minimum atomic E-state index is -1.20. The van der Waals surface area contributed by atoms with Crippen molar-refractivity contribution in [1.29, 1.82) is 0 Å². The zero-order valence-electron chi connectivity index (χ0n) is 13.5. The standard InChI is InChI=1S/C19H18BrNO3/c1-12(13-7-9-15(20)10-8-13)21-18(23)19(2)11-14-5-3-4-6-16(14)17(22)24-19/h3-10,12H,11H2,1-2H3,(H,21,23)/t12-,19+/m1/s1. The molecule has 2 atom stereocenters. The van der Waals surface area contributed by atoms with Gasteiger partial charge in [-0.1, -0.05) is 46.3 Å². The highest BCUT2D eigenvalue weighted by atomic mass is 79.9. The Hall–Kier alpha value is -2.14. The lowest BCUT2D eigenvalue weighted by atomic mass is 9.89. The van der Waals surface area contributed by atoms with Gasteiger partial charge < -0.3 is 10.1 Å². The van der Waals surface area contributed by atoms with Gasteiger partial charge in [0.25, 0.3) is 5.91 Å². The van der Waals surface area contributed by atoms with Crippen LogP contribution < -0.4 is 5.32 Å². The Labute approximate surface area is 149 Å². The Balaban J connectivity index is 1.77. The Kier molecular flexibility index (Phi) is 4.45. The monoisotopic (exact) mass is 387 g/mol. The predicted octanol–water partition coefficient (Wildman–Crippen LogP) is 3.80. The van der Waals surface area contributed by atoms with Crippen molar-refractivity contribution >= 4 is 27.8 Å². The molecule has 0 radical (unpaired) electrons. The van der Waals surface area contributed by atoms with Crippen LogP contribution in [0.5, 0.6) is 0 Å². The molecule has 4 nitrogen and oxygen atoms in total. The molecule has 0 bridgehead atoms. The first kappa shape index (κ1) is 16.7. The summed E-state index contributed by atoms with van der Waals surface area (Å²) in [7, 11) is 0. The SMILES string of the molecule is C[C@@H](NC(=O)[C@]1(C)Cc2ccccc2C(=O)O1)c1ccc(Br)cc1. The fourth-order valence-electron chi connectivity index (χ4n) is 2.84. The molecule has 5 heteroatoms. The summed E-state index contributed by atoms with van der Waals surface area (Å²) in [6, 6.07) is 14.8. The highest BCUT2D eigenvalue weighted by molar-refractivity contribution is 9.10. The van der Waals surface area contributed by atoms with Crippen LogP contribution >= 0.6 is 15.9 Å². The summed E-state index contributed by atoms with van der Waals surface area (Å²) >= 11 is 3.39. The molecule has 24 heavy (non-hydrogen) atoms. The summed E-state index contributed by atoms with van der Waals surface area (Å²) in [6.45, 7) is 3.56. The van der Waals surface area contributed by atoms with Crippen LogP contribution in [0.2, 0.25) is 0 Å². The van der Waals surface area contributed by atoms with E-state index in [2.05, 4.69) is 21.2 Å². The normalized spacial score (nSPS) is 20.7. The maximum atomic E-state index is 12.7. The number of hydrogen-bond acceptors (Lipinski definition) is 3. The van der Waals surface area contributed by atoms with Crippen molar-refractivity contribution in [2.24, 2.45) is 0 Å². The van der Waals surface area contributed by atoms with E-state index in [4.69, 9.17) is 4.74 Å². The van der Waals surface area contributed by atoms with Gasteiger partial charge >= 0.3 is 5.97 Å². The number of halogens is 1. The number of benzene rings is 2. The van der Waals surface area contributed by atoms with Gasteiger partial charge in [0.1, 0.15) is 0 Å². The Morgan fingerprint density at radius 2 is 1.88 bits per heavy atom. The summed E-state index contributed by atoms with van der Waals surface area (Å²) in [6.07, 6.45) is 0.369. The Morgan fingerprint density at radius 1 is 1.21 bits per heavy atom. The highest BCUT2D eigenvalue weighted by Crippen LogP contribution is 2.29. The van der Waals surface area contributed by atoms with Crippen LogP contribution in [0.15, 0.2) is 53.0 Å². The third-order valence-corrected chi connectivity index (χ3v) is 4.81. The molecule has 3 rings (SSSR count). The second-order valence-electron chi connectivity index (χ2n) is 6.20. The van der Waals surface area contributed by atoms with Gasteiger partial charge in [0, 0.05) is 10.9 Å². The Bertz CT molecular complexity index is 787. The lowest BCUT2D eigenvalue weighted by molar-refractivity contribution is -0.140. The third-order valence-electron chi connectivity index (χ3n) is 4.28. The van der Waals surface area contributed by atoms with E-state index in [0.717, 1.165) is 15.6 Å². The van der Waals surface area contributed by atoms with Crippen LogP contribution in [0, 0.1) is 0 Å². The van der Waals surface area contributed by atoms with Crippen molar-refractivity contribution in [3.63, 3.8) is 0 Å². The molecule has 1 N–H and O–H groups in total. The summed E-state index contributed by atoms with van der Waals surface area (Å²) < 4.78 is 6.44. The summed E-state index contributed by atoms with van der Waals surface area (Å²) in [4.78, 5) is 24.9. The summed E-state index contributed by atoms with van der Waals surface area (Å²) in [5.74, 6) is -0.744. The Morgan fingerprint density at radius 3 is 2.58 bits per heavy atom. The molecular formula is C19H18BrNO3. The maximum Gasteiger partial charge on any atom is 0.339 e. The van der Waals surface area contributed by atoms with Crippen molar-refractivity contribution in [3.8, 4) is 0 Å². The smallest absolute Gasteiger partial charge is 0.339 e. The molecule has 1 aliphatic heterocycles. The molecule has 0 unspecified atom stereocenters. The first-order valence-electron chi connectivity index (χ1n) is 7.77. The number of hydrogen-bond donors (Lipinski definition) is 1. The number of rotatable bonds is 3. The van der Waals surface area contributed by atoms with Crippen LogP contribution in [0.1, 0.15) is 41.4 Å². The fourth-order valence-corrected chi connectivity index (χ4v) is 3.11. The van der Waals surface area contributed by atoms with Gasteiger partial charge in [-0.2, -0.15) is 0 Å². The van der Waals surface area contributed by atoms with Crippen LogP contribution in [0.4, 0.5) is 0 Å². The predicted molar refractivity (Wildman–Crippen MR) is 94.7 cm³/mol. The molecule has 124 valence electrons.